The third kappa shape index (κ3) is 6.52. The van der Waals surface area contributed by atoms with Crippen LogP contribution < -0.4 is 16.0 Å². The van der Waals surface area contributed by atoms with Crippen molar-refractivity contribution in [2.45, 2.75) is 5.92 Å². The second kappa shape index (κ2) is 12.5. The summed E-state index contributed by atoms with van der Waals surface area (Å²) in [7, 11) is 1.46. The Morgan fingerprint density at radius 2 is 1.00 bits per heavy atom. The Morgan fingerprint density at radius 1 is 0.556 bits per heavy atom. The van der Waals surface area contributed by atoms with Gasteiger partial charge < -0.3 is 44.2 Å². The van der Waals surface area contributed by atoms with E-state index in [1.807, 2.05) is 0 Å². The zero-order valence-corrected chi connectivity index (χ0v) is 23.5. The number of ether oxygens (including phenoxy) is 1. The molecule has 0 saturated carbocycles. The molecule has 0 saturated heterocycles. The molecule has 0 aliphatic rings. The summed E-state index contributed by atoms with van der Waals surface area (Å²) in [4.78, 5) is 26.7. The van der Waals surface area contributed by atoms with Crippen molar-refractivity contribution in [3.8, 4) is 40.2 Å². The lowest BCUT2D eigenvalue weighted by molar-refractivity contribution is 0.403. The van der Waals surface area contributed by atoms with E-state index in [1.54, 1.807) is 24.3 Å². The number of phenols is 4. The molecule has 11 nitrogen and oxygen atoms in total. The third-order valence-corrected chi connectivity index (χ3v) is 6.88. The van der Waals surface area contributed by atoms with Crippen LogP contribution in [0.2, 0.25) is 0 Å². The molecule has 0 aliphatic carbocycles. The largest absolute Gasteiger partial charge is 0.507 e. The van der Waals surface area contributed by atoms with Crippen molar-refractivity contribution in [3.63, 3.8) is 0 Å². The fourth-order valence-electron chi connectivity index (χ4n) is 4.63. The first-order valence-corrected chi connectivity index (χ1v) is 13.3. The van der Waals surface area contributed by atoms with Crippen LogP contribution in [0.25, 0.3) is 24.3 Å². The minimum absolute atomic E-state index is 0.0562. The Morgan fingerprint density at radius 3 is 1.38 bits per heavy atom. The number of methoxy groups -OCH3 is 1. The van der Waals surface area contributed by atoms with E-state index >= 15 is 0 Å². The third-order valence-electron chi connectivity index (χ3n) is 6.88. The van der Waals surface area contributed by atoms with Crippen molar-refractivity contribution < 1.29 is 44.2 Å². The Balaban J connectivity index is 1.58. The maximum absolute atomic E-state index is 13.4. The average Bonchev–Trinajstić information content (AvgIpc) is 3.01. The van der Waals surface area contributed by atoms with Gasteiger partial charge in [0.05, 0.1) is 24.2 Å². The van der Waals surface area contributed by atoms with E-state index in [-0.39, 0.29) is 45.6 Å². The van der Waals surface area contributed by atoms with Crippen LogP contribution in [0.5, 0.6) is 40.2 Å². The molecule has 0 unspecified atom stereocenters. The van der Waals surface area contributed by atoms with Crippen LogP contribution in [0.4, 0.5) is 0 Å². The molecule has 2 aromatic heterocycles. The monoisotopic (exact) mass is 610 g/mol. The molecule has 0 fully saturated rings. The van der Waals surface area contributed by atoms with E-state index in [2.05, 4.69) is 0 Å². The Kier molecular flexibility index (Phi) is 8.35. The molecular weight excluding hydrogens is 584 g/mol. The summed E-state index contributed by atoms with van der Waals surface area (Å²) in [6.07, 6.45) is 5.67. The van der Waals surface area contributed by atoms with E-state index in [0.717, 1.165) is 12.1 Å². The molecule has 5 rings (SSSR count). The van der Waals surface area contributed by atoms with Crippen molar-refractivity contribution in [2.75, 3.05) is 7.11 Å². The van der Waals surface area contributed by atoms with Crippen LogP contribution in [-0.4, -0.2) is 37.7 Å². The van der Waals surface area contributed by atoms with Crippen molar-refractivity contribution in [1.82, 2.24) is 0 Å². The van der Waals surface area contributed by atoms with Crippen molar-refractivity contribution in [1.29, 1.82) is 0 Å². The van der Waals surface area contributed by atoms with Crippen LogP contribution in [0.1, 0.15) is 45.3 Å². The second-order valence-corrected chi connectivity index (χ2v) is 9.84. The van der Waals surface area contributed by atoms with Gasteiger partial charge in [0.25, 0.3) is 0 Å². The SMILES string of the molecule is COc1ccc(C(c2c(O)cc(C=Cc3ccc(O)c(O)c3)oc2=O)c2c(O)cc(C=Cc3ccc(O)c(O)c3)oc2=O)cc1. The molecule has 6 N–H and O–H groups in total. The first kappa shape index (κ1) is 30.1. The van der Waals surface area contributed by atoms with Crippen LogP contribution >= 0.6 is 0 Å². The van der Waals surface area contributed by atoms with E-state index in [0.29, 0.717) is 22.4 Å². The van der Waals surface area contributed by atoms with Crippen LogP contribution in [-0.2, 0) is 0 Å². The summed E-state index contributed by atoms with van der Waals surface area (Å²) in [6.45, 7) is 0. The molecule has 45 heavy (non-hydrogen) atoms. The smallest absolute Gasteiger partial charge is 0.344 e. The second-order valence-electron chi connectivity index (χ2n) is 9.84. The summed E-state index contributed by atoms with van der Waals surface area (Å²) >= 11 is 0. The topological polar surface area (TPSA) is 191 Å². The molecule has 0 aliphatic heterocycles. The highest BCUT2D eigenvalue weighted by Crippen LogP contribution is 2.38. The molecule has 0 bridgehead atoms. The molecule has 228 valence electrons. The summed E-state index contributed by atoms with van der Waals surface area (Å²) in [5.74, 6) is -3.34. The van der Waals surface area contributed by atoms with Crippen LogP contribution in [0.3, 0.4) is 0 Å². The van der Waals surface area contributed by atoms with Crippen LogP contribution in [0.15, 0.2) is 91.2 Å². The molecule has 2 heterocycles. The Labute approximate surface area is 254 Å². The van der Waals surface area contributed by atoms with E-state index in [4.69, 9.17) is 13.6 Å². The number of hydrogen-bond donors (Lipinski definition) is 6. The zero-order valence-electron chi connectivity index (χ0n) is 23.5. The molecule has 0 atom stereocenters. The zero-order chi connectivity index (χ0) is 32.2. The van der Waals surface area contributed by atoms with Gasteiger partial charge in [-0.05, 0) is 65.2 Å². The van der Waals surface area contributed by atoms with E-state index < -0.39 is 28.7 Å². The lowest BCUT2D eigenvalue weighted by Gasteiger charge is -2.19. The van der Waals surface area contributed by atoms with Crippen LogP contribution in [0, 0.1) is 0 Å². The maximum Gasteiger partial charge on any atom is 0.344 e. The lowest BCUT2D eigenvalue weighted by atomic mass is 9.85. The molecule has 5 aromatic rings. The summed E-state index contributed by atoms with van der Waals surface area (Å²) in [5.41, 5.74) is -1.43. The molecule has 0 radical (unpaired) electrons. The average molecular weight is 611 g/mol. The van der Waals surface area contributed by atoms with Gasteiger partial charge in [0.2, 0.25) is 0 Å². The minimum atomic E-state index is -1.33. The minimum Gasteiger partial charge on any atom is -0.507 e. The number of benzene rings is 3. The molecule has 11 heteroatoms. The van der Waals surface area contributed by atoms with Gasteiger partial charge in [-0.1, -0.05) is 36.4 Å². The molecule has 0 amide bonds. The highest BCUT2D eigenvalue weighted by Gasteiger charge is 2.31. The highest BCUT2D eigenvalue weighted by molar-refractivity contribution is 5.71. The lowest BCUT2D eigenvalue weighted by Crippen LogP contribution is -2.21. The number of hydrogen-bond acceptors (Lipinski definition) is 11. The van der Waals surface area contributed by atoms with Gasteiger partial charge in [-0.3, -0.25) is 0 Å². The Bertz CT molecular complexity index is 1930. The first-order valence-electron chi connectivity index (χ1n) is 13.3. The van der Waals surface area contributed by atoms with Gasteiger partial charge >= 0.3 is 11.3 Å². The van der Waals surface area contributed by atoms with Gasteiger partial charge in [-0.15, -0.1) is 0 Å². The molecule has 0 spiro atoms. The van der Waals surface area contributed by atoms with Gasteiger partial charge in [-0.25, -0.2) is 9.59 Å². The van der Waals surface area contributed by atoms with Gasteiger partial charge in [0.15, 0.2) is 23.0 Å². The van der Waals surface area contributed by atoms with Crippen molar-refractivity contribution in [2.24, 2.45) is 0 Å². The van der Waals surface area contributed by atoms with E-state index in [9.17, 15) is 40.2 Å². The summed E-state index contributed by atoms with van der Waals surface area (Å²) < 4.78 is 16.1. The predicted octanol–water partition coefficient (Wildman–Crippen LogP) is 5.36. The number of phenolic OH excluding ortho intramolecular Hbond substituents is 4. The molecule has 3 aromatic carbocycles. The van der Waals surface area contributed by atoms with Gasteiger partial charge in [-0.2, -0.15) is 0 Å². The fourth-order valence-corrected chi connectivity index (χ4v) is 4.63. The summed E-state index contributed by atoms with van der Waals surface area (Å²) in [5, 5.41) is 60.6. The standard InChI is InChI=1S/C34H26O11/c1-43-21-10-6-20(7-11-21)30(31-28(39)16-22(44-33(31)41)8-2-18-4-12-24(35)26(37)14-18)32-29(40)17-23(45-34(32)42)9-3-19-5-13-25(36)27(38)15-19/h2-17,30,35-40H,1H3. The summed E-state index contributed by atoms with van der Waals surface area (Å²) in [6, 6.07) is 16.7. The Hall–Kier alpha value is -6.36. The first-order chi connectivity index (χ1) is 21.5. The maximum atomic E-state index is 13.4. The quantitative estimate of drug-likeness (QED) is 0.124. The van der Waals surface area contributed by atoms with Crippen molar-refractivity contribution in [3.05, 3.63) is 133 Å². The predicted molar refractivity (Wildman–Crippen MR) is 165 cm³/mol. The number of aromatic hydroxyl groups is 6. The van der Waals surface area contributed by atoms with Crippen molar-refractivity contribution >= 4 is 24.3 Å². The van der Waals surface area contributed by atoms with E-state index in [1.165, 1.54) is 67.8 Å². The molecular formula is C34H26O11. The van der Waals surface area contributed by atoms with Gasteiger partial charge in [0, 0.05) is 12.1 Å². The fraction of sp³-hybridized carbons (Fsp3) is 0.0588. The highest BCUT2D eigenvalue weighted by atomic mass is 16.5. The van der Waals surface area contributed by atoms with Gasteiger partial charge in [0.1, 0.15) is 28.8 Å². The number of rotatable bonds is 8. The normalized spacial score (nSPS) is 12.1.